The number of nitrogens with zero attached hydrogens (tertiary/aromatic N) is 2. The smallest absolute Gasteiger partial charge is 0.405 e. The maximum Gasteiger partial charge on any atom is 0.405 e. The number of amides is 1. The minimum atomic E-state index is -0.975. The molecule has 2 rings (SSSR count). The van der Waals surface area contributed by atoms with Gasteiger partial charge in [0, 0.05) is 24.3 Å². The lowest BCUT2D eigenvalue weighted by Crippen LogP contribution is -2.35. The van der Waals surface area contributed by atoms with Crippen LogP contribution in [0.1, 0.15) is 10.5 Å². The van der Waals surface area contributed by atoms with E-state index in [1.54, 1.807) is 0 Å². The van der Waals surface area contributed by atoms with Gasteiger partial charge in [-0.05, 0) is 12.1 Å². The van der Waals surface area contributed by atoms with Crippen molar-refractivity contribution in [1.29, 1.82) is 0 Å². The fraction of sp³-hybridized carbons (Fsp3) is 0.133. The average Bonchev–Trinajstić information content (AvgIpc) is 2.60. The summed E-state index contributed by atoms with van der Waals surface area (Å²) in [5.41, 5.74) is -0.468. The first-order valence-corrected chi connectivity index (χ1v) is 6.90. The highest BCUT2D eigenvalue weighted by atomic mass is 16.6. The molecule has 1 aromatic heterocycles. The van der Waals surface area contributed by atoms with Gasteiger partial charge in [-0.15, -0.1) is 0 Å². The lowest BCUT2D eigenvalue weighted by molar-refractivity contribution is -0.608. The minimum absolute atomic E-state index is 0.0522. The van der Waals surface area contributed by atoms with Crippen molar-refractivity contribution in [2.24, 2.45) is 0 Å². The Bertz CT molecular complexity index is 823. The number of carbonyl (C=O) groups is 2. The number of esters is 1. The first-order chi connectivity index (χ1) is 11.9. The predicted molar refractivity (Wildman–Crippen MR) is 84.0 cm³/mol. The molecule has 0 radical (unpaired) electrons. The number of hydrogen-bond acceptors (Lipinski definition) is 7. The number of pyridine rings is 1. The third-order valence-electron chi connectivity index (χ3n) is 3.04. The van der Waals surface area contributed by atoms with Gasteiger partial charge in [0.1, 0.15) is 5.75 Å². The highest BCUT2D eigenvalue weighted by Gasteiger charge is 2.19. The summed E-state index contributed by atoms with van der Waals surface area (Å²) in [6.45, 7) is -0.681. The summed E-state index contributed by atoms with van der Waals surface area (Å²) in [5, 5.41) is 24.6. The Hall–Kier alpha value is -3.69. The third kappa shape index (κ3) is 4.41. The van der Waals surface area contributed by atoms with Gasteiger partial charge in [0.2, 0.25) is 0 Å². The van der Waals surface area contributed by atoms with Crippen molar-refractivity contribution in [3.8, 4) is 5.75 Å². The molecule has 10 nitrogen and oxygen atoms in total. The Balaban J connectivity index is 2.03. The minimum Gasteiger partial charge on any atom is -0.618 e. The molecule has 0 saturated carbocycles. The van der Waals surface area contributed by atoms with Crippen LogP contribution in [0.15, 0.2) is 42.6 Å². The summed E-state index contributed by atoms with van der Waals surface area (Å²) in [6, 6.07) is 7.81. The van der Waals surface area contributed by atoms with Gasteiger partial charge in [0.25, 0.3) is 11.6 Å². The molecule has 1 N–H and O–H groups in total. The van der Waals surface area contributed by atoms with Gasteiger partial charge in [0.05, 0.1) is 17.7 Å². The van der Waals surface area contributed by atoms with Crippen molar-refractivity contribution >= 4 is 23.3 Å². The molecule has 0 fully saturated rings. The largest absolute Gasteiger partial charge is 0.618 e. The molecule has 130 valence electrons. The second kappa shape index (κ2) is 7.73. The van der Waals surface area contributed by atoms with Crippen LogP contribution in [-0.2, 0) is 9.53 Å². The normalized spacial score (nSPS) is 9.96. The van der Waals surface area contributed by atoms with Crippen molar-refractivity contribution in [3.63, 3.8) is 0 Å². The second-order valence-corrected chi connectivity index (χ2v) is 4.68. The zero-order valence-corrected chi connectivity index (χ0v) is 13.0. The van der Waals surface area contributed by atoms with Crippen LogP contribution >= 0.6 is 0 Å². The van der Waals surface area contributed by atoms with E-state index in [0.717, 1.165) is 12.3 Å². The average molecular weight is 347 g/mol. The van der Waals surface area contributed by atoms with E-state index in [1.807, 2.05) is 0 Å². The molecule has 0 saturated heterocycles. The van der Waals surface area contributed by atoms with Crippen LogP contribution in [0.25, 0.3) is 0 Å². The number of non-ortho nitro benzene ring substituents is 1. The van der Waals surface area contributed by atoms with Crippen LogP contribution in [0.3, 0.4) is 0 Å². The van der Waals surface area contributed by atoms with Crippen LogP contribution in [0.2, 0.25) is 0 Å². The maximum atomic E-state index is 11.9. The Morgan fingerprint density at radius 3 is 2.68 bits per heavy atom. The quantitative estimate of drug-likeness (QED) is 0.271. The van der Waals surface area contributed by atoms with Gasteiger partial charge in [-0.25, -0.2) is 4.79 Å². The number of carbonyl (C=O) groups excluding carboxylic acids is 2. The van der Waals surface area contributed by atoms with E-state index in [9.17, 15) is 24.9 Å². The zero-order chi connectivity index (χ0) is 18.4. The fourth-order valence-corrected chi connectivity index (χ4v) is 1.88. The summed E-state index contributed by atoms with van der Waals surface area (Å²) in [6.07, 6.45) is 1.12. The lowest BCUT2D eigenvalue weighted by Gasteiger charge is -2.10. The van der Waals surface area contributed by atoms with E-state index in [4.69, 9.17) is 9.47 Å². The van der Waals surface area contributed by atoms with Crippen LogP contribution in [-0.4, -0.2) is 30.5 Å². The van der Waals surface area contributed by atoms with Crippen LogP contribution in [0, 0.1) is 15.3 Å². The van der Waals surface area contributed by atoms with Crippen LogP contribution in [0.4, 0.5) is 11.4 Å². The predicted octanol–water partition coefficient (Wildman–Crippen LogP) is 1.03. The van der Waals surface area contributed by atoms with Crippen molar-refractivity contribution in [1.82, 2.24) is 0 Å². The van der Waals surface area contributed by atoms with Crippen LogP contribution < -0.4 is 14.8 Å². The fourth-order valence-electron chi connectivity index (χ4n) is 1.88. The molecule has 0 bridgehead atoms. The Kier molecular flexibility index (Phi) is 5.46. The molecule has 1 heterocycles. The number of methoxy groups -OCH3 is 1. The molecule has 25 heavy (non-hydrogen) atoms. The highest BCUT2D eigenvalue weighted by molar-refractivity contribution is 5.95. The molecule has 0 unspecified atom stereocenters. The number of nitro benzene ring substituents is 1. The van der Waals surface area contributed by atoms with Crippen molar-refractivity contribution in [2.75, 3.05) is 19.0 Å². The lowest BCUT2D eigenvalue weighted by atomic mass is 10.2. The monoisotopic (exact) mass is 347 g/mol. The van der Waals surface area contributed by atoms with Crippen molar-refractivity contribution in [2.45, 2.75) is 0 Å². The van der Waals surface area contributed by atoms with E-state index < -0.39 is 23.4 Å². The second-order valence-electron chi connectivity index (χ2n) is 4.68. The standard InChI is InChI=1S/C15H13N3O7/c1-24-13-6-5-10(18(22)23)8-11(13)16-14(19)9-25-15(20)12-4-2-3-7-17(12)21/h2-8H,9H2,1H3,(H,16,19). The first kappa shape index (κ1) is 17.7. The van der Waals surface area contributed by atoms with E-state index in [2.05, 4.69) is 5.32 Å². The number of aromatic nitrogens is 1. The van der Waals surface area contributed by atoms with Gasteiger partial charge in [-0.2, -0.15) is 4.73 Å². The van der Waals surface area contributed by atoms with Gasteiger partial charge >= 0.3 is 11.7 Å². The number of ether oxygens (including phenoxy) is 2. The summed E-state index contributed by atoms with van der Waals surface area (Å²) < 4.78 is 10.1. The summed E-state index contributed by atoms with van der Waals surface area (Å²) >= 11 is 0. The number of nitro groups is 1. The van der Waals surface area contributed by atoms with E-state index in [-0.39, 0.29) is 22.8 Å². The topological polar surface area (TPSA) is 135 Å². The van der Waals surface area contributed by atoms with E-state index in [0.29, 0.717) is 4.73 Å². The van der Waals surface area contributed by atoms with Crippen molar-refractivity contribution < 1.29 is 28.7 Å². The molecule has 0 aliphatic carbocycles. The molecule has 0 spiro atoms. The number of hydrogen-bond donors (Lipinski definition) is 1. The molecule has 0 atom stereocenters. The van der Waals surface area contributed by atoms with Gasteiger partial charge < -0.3 is 20.0 Å². The SMILES string of the molecule is COc1ccc([N+](=O)[O-])cc1NC(=O)COC(=O)c1cccc[n+]1[O-]. The first-order valence-electron chi connectivity index (χ1n) is 6.90. The Morgan fingerprint density at radius 2 is 2.04 bits per heavy atom. The Labute approximate surface area is 141 Å². The number of anilines is 1. The van der Waals surface area contributed by atoms with Gasteiger partial charge in [0.15, 0.2) is 12.8 Å². The number of benzene rings is 1. The molecule has 2 aromatic rings. The van der Waals surface area contributed by atoms with Crippen molar-refractivity contribution in [3.05, 3.63) is 63.6 Å². The number of nitrogens with one attached hydrogen (secondary N) is 1. The van der Waals surface area contributed by atoms with Gasteiger partial charge in [-0.3, -0.25) is 14.9 Å². The summed E-state index contributed by atoms with van der Waals surface area (Å²) in [4.78, 5) is 33.8. The van der Waals surface area contributed by atoms with E-state index >= 15 is 0 Å². The molecular formula is C15H13N3O7. The Morgan fingerprint density at radius 1 is 1.28 bits per heavy atom. The summed E-state index contributed by atoms with van der Waals surface area (Å²) in [7, 11) is 1.33. The highest BCUT2D eigenvalue weighted by Crippen LogP contribution is 2.28. The van der Waals surface area contributed by atoms with E-state index in [1.165, 1.54) is 37.4 Å². The zero-order valence-electron chi connectivity index (χ0n) is 13.0. The summed E-state index contributed by atoms with van der Waals surface area (Å²) in [5.74, 6) is -1.52. The molecular weight excluding hydrogens is 334 g/mol. The number of rotatable bonds is 6. The molecule has 1 amide bonds. The molecule has 0 aliphatic rings. The maximum absolute atomic E-state index is 11.9. The molecule has 0 aliphatic heterocycles. The van der Waals surface area contributed by atoms with Gasteiger partial charge in [-0.1, -0.05) is 0 Å². The molecule has 1 aromatic carbocycles. The van der Waals surface area contributed by atoms with Crippen LogP contribution in [0.5, 0.6) is 5.75 Å². The molecule has 10 heteroatoms. The third-order valence-corrected chi connectivity index (χ3v) is 3.04.